The Balaban J connectivity index is 2.24. The monoisotopic (exact) mass is 246 g/mol. The Morgan fingerprint density at radius 3 is 2.38 bits per heavy atom. The van der Waals surface area contributed by atoms with Crippen molar-refractivity contribution in [2.24, 2.45) is 5.41 Å². The summed E-state index contributed by atoms with van der Waals surface area (Å²) in [5.74, 6) is 0. The first-order chi connectivity index (χ1) is 7.33. The quantitative estimate of drug-likeness (QED) is 0.744. The van der Waals surface area contributed by atoms with Gasteiger partial charge >= 0.3 is 0 Å². The van der Waals surface area contributed by atoms with Crippen LogP contribution in [0.2, 0.25) is 0 Å². The second-order valence-corrected chi connectivity index (χ2v) is 8.14. The van der Waals surface area contributed by atoms with Crippen LogP contribution < -0.4 is 10.0 Å². The van der Waals surface area contributed by atoms with Gasteiger partial charge in [0.2, 0.25) is 0 Å². The van der Waals surface area contributed by atoms with E-state index in [-0.39, 0.29) is 4.75 Å². The summed E-state index contributed by atoms with van der Waals surface area (Å²) in [5, 5.41) is 3.38. The zero-order valence-corrected chi connectivity index (χ0v) is 11.9. The molecule has 1 fully saturated rings. The molecule has 0 aromatic rings. The zero-order valence-electron chi connectivity index (χ0n) is 11.1. The molecular formula is C12H26N2OS. The molecule has 0 radical (unpaired) electrons. The molecule has 1 aliphatic heterocycles. The van der Waals surface area contributed by atoms with Crippen LogP contribution in [-0.2, 0) is 11.4 Å². The van der Waals surface area contributed by atoms with Crippen LogP contribution in [-0.4, -0.2) is 28.9 Å². The molecule has 0 aromatic carbocycles. The van der Waals surface area contributed by atoms with Crippen LogP contribution in [0.5, 0.6) is 0 Å². The second kappa shape index (κ2) is 5.71. The van der Waals surface area contributed by atoms with Crippen LogP contribution in [0.4, 0.5) is 0 Å². The van der Waals surface area contributed by atoms with Crippen LogP contribution in [0.25, 0.3) is 0 Å². The Hall–Kier alpha value is 0.230. The largest absolute Gasteiger partial charge is 0.598 e. The molecule has 3 nitrogen and oxygen atoms in total. The van der Waals surface area contributed by atoms with E-state index in [0.29, 0.717) is 5.41 Å². The molecule has 1 rings (SSSR count). The van der Waals surface area contributed by atoms with E-state index in [0.717, 1.165) is 26.1 Å². The highest BCUT2D eigenvalue weighted by Crippen LogP contribution is 2.31. The third kappa shape index (κ3) is 4.62. The Morgan fingerprint density at radius 1 is 1.31 bits per heavy atom. The van der Waals surface area contributed by atoms with Crippen molar-refractivity contribution in [1.82, 2.24) is 10.0 Å². The molecule has 0 aliphatic carbocycles. The van der Waals surface area contributed by atoms with E-state index in [1.165, 1.54) is 12.8 Å². The topological polar surface area (TPSA) is 47.1 Å². The van der Waals surface area contributed by atoms with Gasteiger partial charge < -0.3 is 9.87 Å². The van der Waals surface area contributed by atoms with Crippen molar-refractivity contribution in [2.75, 3.05) is 19.6 Å². The number of hydrogen-bond donors (Lipinski definition) is 2. The van der Waals surface area contributed by atoms with Gasteiger partial charge in [0, 0.05) is 17.9 Å². The molecule has 0 bridgehead atoms. The molecule has 1 heterocycles. The molecular weight excluding hydrogens is 220 g/mol. The van der Waals surface area contributed by atoms with E-state index < -0.39 is 11.4 Å². The Labute approximate surface area is 103 Å². The van der Waals surface area contributed by atoms with Gasteiger partial charge in [0.25, 0.3) is 0 Å². The molecule has 1 saturated heterocycles. The van der Waals surface area contributed by atoms with Crippen LogP contribution >= 0.6 is 0 Å². The van der Waals surface area contributed by atoms with Crippen molar-refractivity contribution in [3.8, 4) is 0 Å². The third-order valence-corrected chi connectivity index (χ3v) is 4.91. The predicted octanol–water partition coefficient (Wildman–Crippen LogP) is 1.82. The molecule has 0 saturated carbocycles. The Morgan fingerprint density at radius 2 is 1.88 bits per heavy atom. The minimum Gasteiger partial charge on any atom is -0.598 e. The number of piperidine rings is 1. The Kier molecular flexibility index (Phi) is 5.10. The van der Waals surface area contributed by atoms with Gasteiger partial charge in [-0.2, -0.15) is 0 Å². The van der Waals surface area contributed by atoms with Gasteiger partial charge in [0.05, 0.1) is 0 Å². The summed E-state index contributed by atoms with van der Waals surface area (Å²) in [6.45, 7) is 11.5. The molecule has 96 valence electrons. The lowest BCUT2D eigenvalue weighted by Gasteiger charge is -2.34. The van der Waals surface area contributed by atoms with Crippen molar-refractivity contribution in [3.05, 3.63) is 0 Å². The molecule has 16 heavy (non-hydrogen) atoms. The van der Waals surface area contributed by atoms with E-state index in [9.17, 15) is 4.55 Å². The van der Waals surface area contributed by atoms with Gasteiger partial charge in [0.1, 0.15) is 4.75 Å². The maximum absolute atomic E-state index is 11.8. The lowest BCUT2D eigenvalue weighted by Crippen LogP contribution is -2.42. The molecule has 4 heteroatoms. The summed E-state index contributed by atoms with van der Waals surface area (Å²) in [6, 6.07) is 0. The van der Waals surface area contributed by atoms with E-state index in [1.54, 1.807) is 0 Å². The number of rotatable bonds is 4. The van der Waals surface area contributed by atoms with Crippen molar-refractivity contribution < 1.29 is 4.55 Å². The van der Waals surface area contributed by atoms with Crippen LogP contribution in [0, 0.1) is 5.41 Å². The SMILES string of the molecule is CC1(CCN[S@@+]([O-])C(C)(C)C)CCNCC1. The first-order valence-electron chi connectivity index (χ1n) is 6.20. The lowest BCUT2D eigenvalue weighted by atomic mass is 9.78. The maximum Gasteiger partial charge on any atom is 0.136 e. The Bertz CT molecular complexity index is 210. The van der Waals surface area contributed by atoms with Crippen LogP contribution in [0.1, 0.15) is 47.0 Å². The normalized spacial score (nSPS) is 23.1. The first-order valence-corrected chi connectivity index (χ1v) is 7.35. The molecule has 1 aliphatic rings. The molecule has 0 spiro atoms. The predicted molar refractivity (Wildman–Crippen MR) is 70.7 cm³/mol. The first kappa shape index (κ1) is 14.3. The molecule has 0 aromatic heterocycles. The van der Waals surface area contributed by atoms with Crippen molar-refractivity contribution in [3.63, 3.8) is 0 Å². The average Bonchev–Trinajstić information content (AvgIpc) is 2.17. The van der Waals surface area contributed by atoms with Gasteiger partial charge in [-0.05, 0) is 58.5 Å². The summed E-state index contributed by atoms with van der Waals surface area (Å²) in [6.07, 6.45) is 3.59. The second-order valence-electron chi connectivity index (χ2n) is 6.09. The smallest absolute Gasteiger partial charge is 0.136 e. The fraction of sp³-hybridized carbons (Fsp3) is 1.00. The standard InChI is InChI=1S/C12H26N2OS/c1-11(2,3)16(15)14-10-7-12(4)5-8-13-9-6-12/h13-14H,5-10H2,1-4H3/t16-/m0/s1. The van der Waals surface area contributed by atoms with Gasteiger partial charge in [-0.15, -0.1) is 4.72 Å². The van der Waals surface area contributed by atoms with Crippen LogP contribution in [0.3, 0.4) is 0 Å². The maximum atomic E-state index is 11.8. The minimum atomic E-state index is -0.926. The summed E-state index contributed by atoms with van der Waals surface area (Å²) in [5.41, 5.74) is 0.431. The highest BCUT2D eigenvalue weighted by atomic mass is 32.2. The van der Waals surface area contributed by atoms with Crippen molar-refractivity contribution in [2.45, 2.75) is 51.7 Å². The summed E-state index contributed by atoms with van der Waals surface area (Å²) in [7, 11) is 0. The summed E-state index contributed by atoms with van der Waals surface area (Å²) in [4.78, 5) is 0. The number of nitrogens with one attached hydrogen (secondary N) is 2. The van der Waals surface area contributed by atoms with E-state index in [2.05, 4.69) is 17.0 Å². The van der Waals surface area contributed by atoms with Gasteiger partial charge in [-0.1, -0.05) is 6.92 Å². The number of hydrogen-bond acceptors (Lipinski definition) is 3. The molecule has 1 atom stereocenters. The minimum absolute atomic E-state index is 0.158. The fourth-order valence-corrected chi connectivity index (χ4v) is 2.66. The van der Waals surface area contributed by atoms with Gasteiger partial charge in [-0.25, -0.2) is 0 Å². The lowest BCUT2D eigenvalue weighted by molar-refractivity contribution is 0.213. The van der Waals surface area contributed by atoms with E-state index in [1.807, 2.05) is 20.8 Å². The van der Waals surface area contributed by atoms with Crippen molar-refractivity contribution in [1.29, 1.82) is 0 Å². The van der Waals surface area contributed by atoms with Crippen LogP contribution in [0.15, 0.2) is 0 Å². The zero-order chi connectivity index (χ0) is 12.2. The highest BCUT2D eigenvalue weighted by molar-refractivity contribution is 7.90. The molecule has 0 unspecified atom stereocenters. The average molecular weight is 246 g/mol. The van der Waals surface area contributed by atoms with Gasteiger partial charge in [0.15, 0.2) is 0 Å². The molecule has 2 N–H and O–H groups in total. The summed E-state index contributed by atoms with van der Waals surface area (Å²) >= 11 is -0.926. The fourth-order valence-electron chi connectivity index (χ4n) is 1.94. The highest BCUT2D eigenvalue weighted by Gasteiger charge is 2.29. The summed E-state index contributed by atoms with van der Waals surface area (Å²) < 4.78 is 14.8. The molecule has 0 amide bonds. The van der Waals surface area contributed by atoms with E-state index in [4.69, 9.17) is 0 Å². The van der Waals surface area contributed by atoms with Crippen molar-refractivity contribution >= 4 is 11.4 Å². The third-order valence-electron chi connectivity index (χ3n) is 3.33. The van der Waals surface area contributed by atoms with Gasteiger partial charge in [-0.3, -0.25) is 0 Å². The van der Waals surface area contributed by atoms with E-state index >= 15 is 0 Å².